The summed E-state index contributed by atoms with van der Waals surface area (Å²) in [5, 5.41) is 2.75. The highest BCUT2D eigenvalue weighted by Gasteiger charge is 2.46. The van der Waals surface area contributed by atoms with Gasteiger partial charge in [0.2, 0.25) is 11.8 Å². The maximum absolute atomic E-state index is 13.5. The van der Waals surface area contributed by atoms with Crippen LogP contribution in [-0.2, 0) is 27.2 Å². The van der Waals surface area contributed by atoms with Gasteiger partial charge in [-0.1, -0.05) is 56.3 Å². The lowest BCUT2D eigenvalue weighted by Crippen LogP contribution is -2.56. The van der Waals surface area contributed by atoms with Gasteiger partial charge in [-0.15, -0.1) is 0 Å². The number of rotatable bonds is 11. The molecule has 5 amide bonds. The van der Waals surface area contributed by atoms with E-state index in [0.717, 1.165) is 22.4 Å². The molecule has 0 aromatic heterocycles. The molecule has 0 bridgehead atoms. The van der Waals surface area contributed by atoms with E-state index in [1.807, 2.05) is 30.3 Å². The van der Waals surface area contributed by atoms with E-state index in [1.54, 1.807) is 45.2 Å². The number of benzene rings is 2. The van der Waals surface area contributed by atoms with Crippen LogP contribution in [0.1, 0.15) is 31.4 Å². The van der Waals surface area contributed by atoms with Crippen molar-refractivity contribution in [2.75, 3.05) is 20.2 Å². The summed E-state index contributed by atoms with van der Waals surface area (Å²) < 4.78 is 5.13. The molecule has 1 fully saturated rings. The smallest absolute Gasteiger partial charge is 0.327 e. The van der Waals surface area contributed by atoms with Crippen molar-refractivity contribution < 1.29 is 23.9 Å². The number of imide groups is 1. The fourth-order valence-electron chi connectivity index (χ4n) is 4.24. The van der Waals surface area contributed by atoms with E-state index in [4.69, 9.17) is 10.5 Å². The van der Waals surface area contributed by atoms with E-state index in [0.29, 0.717) is 18.7 Å². The highest BCUT2D eigenvalue weighted by atomic mass is 16.5. The number of hydrogen-bond acceptors (Lipinski definition) is 5. The molecule has 1 heterocycles. The lowest BCUT2D eigenvalue weighted by Gasteiger charge is -2.28. The predicted molar refractivity (Wildman–Crippen MR) is 135 cm³/mol. The number of methoxy groups -OCH3 is 1. The van der Waals surface area contributed by atoms with E-state index < -0.39 is 29.9 Å². The van der Waals surface area contributed by atoms with Crippen molar-refractivity contribution in [3.63, 3.8) is 0 Å². The van der Waals surface area contributed by atoms with E-state index in [9.17, 15) is 19.2 Å². The molecular weight excluding hydrogens is 460 g/mol. The first-order chi connectivity index (χ1) is 17.2. The Morgan fingerprint density at radius 3 is 2.31 bits per heavy atom. The molecule has 2 atom stereocenters. The second-order valence-corrected chi connectivity index (χ2v) is 9.26. The van der Waals surface area contributed by atoms with Crippen molar-refractivity contribution in [3.8, 4) is 5.75 Å². The minimum absolute atomic E-state index is 0.0410. The molecule has 0 saturated carbocycles. The number of primary amides is 1. The number of aryl methyl sites for hydroxylation is 1. The molecule has 2 aromatic carbocycles. The van der Waals surface area contributed by atoms with Gasteiger partial charge in [-0.05, 0) is 42.0 Å². The third-order valence-corrected chi connectivity index (χ3v) is 6.26. The second-order valence-electron chi connectivity index (χ2n) is 9.26. The predicted octanol–water partition coefficient (Wildman–Crippen LogP) is 2.13. The number of nitrogens with one attached hydrogen (secondary N) is 1. The standard InChI is InChI=1S/C27H34N4O5/c1-18(2)24(29-23(32)16-20-11-13-21(36-3)14-12-20)26(34)31-22(25(28)33)17-30(27(31)35)15-7-10-19-8-5-4-6-9-19/h4-6,8-9,11-14,18,22,24H,7,10,15-17H2,1-3H3,(H2,28,33)(H,29,32)/t22?,24-/m0/s1. The van der Waals surface area contributed by atoms with E-state index in [2.05, 4.69) is 5.32 Å². The molecule has 9 nitrogen and oxygen atoms in total. The van der Waals surface area contributed by atoms with Crippen LogP contribution in [0.25, 0.3) is 0 Å². The molecule has 1 unspecified atom stereocenters. The fraction of sp³-hybridized carbons (Fsp3) is 0.407. The molecule has 9 heteroatoms. The zero-order chi connectivity index (χ0) is 26.2. The Bertz CT molecular complexity index is 1070. The SMILES string of the molecule is COc1ccc(CC(=O)N[C@H](C(=O)N2C(=O)N(CCCc3ccccc3)CC2C(N)=O)C(C)C)cc1. The quantitative estimate of drug-likeness (QED) is 0.496. The summed E-state index contributed by atoms with van der Waals surface area (Å²) in [5.41, 5.74) is 7.46. The molecule has 0 aliphatic carbocycles. The lowest BCUT2D eigenvalue weighted by atomic mass is 10.0. The van der Waals surface area contributed by atoms with Crippen LogP contribution in [0.4, 0.5) is 4.79 Å². The summed E-state index contributed by atoms with van der Waals surface area (Å²) in [7, 11) is 1.56. The number of ether oxygens (including phenoxy) is 1. The molecule has 1 aliphatic heterocycles. The summed E-state index contributed by atoms with van der Waals surface area (Å²) in [4.78, 5) is 53.9. The Kier molecular flexibility index (Phi) is 9.05. The van der Waals surface area contributed by atoms with Gasteiger partial charge in [-0.25, -0.2) is 9.69 Å². The van der Waals surface area contributed by atoms with Gasteiger partial charge < -0.3 is 20.7 Å². The summed E-state index contributed by atoms with van der Waals surface area (Å²) >= 11 is 0. The lowest BCUT2D eigenvalue weighted by molar-refractivity contribution is -0.138. The maximum atomic E-state index is 13.5. The highest BCUT2D eigenvalue weighted by Crippen LogP contribution is 2.21. The van der Waals surface area contributed by atoms with Gasteiger partial charge in [0, 0.05) is 6.54 Å². The Balaban J connectivity index is 1.67. The van der Waals surface area contributed by atoms with Crippen LogP contribution in [0.2, 0.25) is 0 Å². The van der Waals surface area contributed by atoms with Crippen molar-refractivity contribution in [1.82, 2.24) is 15.1 Å². The number of urea groups is 1. The second kappa shape index (κ2) is 12.2. The average molecular weight is 495 g/mol. The summed E-state index contributed by atoms with van der Waals surface area (Å²) in [6.45, 7) is 3.97. The monoisotopic (exact) mass is 494 g/mol. The summed E-state index contributed by atoms with van der Waals surface area (Å²) in [6, 6.07) is 14.3. The van der Waals surface area contributed by atoms with Crippen LogP contribution in [-0.4, -0.2) is 65.8 Å². The van der Waals surface area contributed by atoms with Gasteiger partial charge >= 0.3 is 6.03 Å². The number of carbonyl (C=O) groups is 4. The van der Waals surface area contributed by atoms with Crippen LogP contribution < -0.4 is 15.8 Å². The normalized spacial score (nSPS) is 16.2. The van der Waals surface area contributed by atoms with Crippen LogP contribution in [0, 0.1) is 5.92 Å². The average Bonchev–Trinajstić information content (AvgIpc) is 3.19. The third-order valence-electron chi connectivity index (χ3n) is 6.26. The van der Waals surface area contributed by atoms with Crippen molar-refractivity contribution >= 4 is 23.8 Å². The van der Waals surface area contributed by atoms with Crippen LogP contribution in [0.3, 0.4) is 0 Å². The summed E-state index contributed by atoms with van der Waals surface area (Å²) in [5.74, 6) is -1.39. The van der Waals surface area contributed by atoms with E-state index in [-0.39, 0.29) is 24.8 Å². The molecular formula is C27H34N4O5. The van der Waals surface area contributed by atoms with E-state index in [1.165, 1.54) is 4.90 Å². The third kappa shape index (κ3) is 6.62. The number of carbonyl (C=O) groups excluding carboxylic acids is 4. The van der Waals surface area contributed by atoms with Gasteiger partial charge in [-0.2, -0.15) is 0 Å². The molecule has 2 aromatic rings. The van der Waals surface area contributed by atoms with Gasteiger partial charge in [0.25, 0.3) is 5.91 Å². The summed E-state index contributed by atoms with van der Waals surface area (Å²) in [6.07, 6.45) is 1.49. The van der Waals surface area contributed by atoms with Crippen molar-refractivity contribution in [2.45, 2.75) is 45.2 Å². The molecule has 3 N–H and O–H groups in total. The van der Waals surface area contributed by atoms with Crippen molar-refractivity contribution in [2.24, 2.45) is 11.7 Å². The number of amides is 5. The van der Waals surface area contributed by atoms with Gasteiger partial charge in [-0.3, -0.25) is 14.4 Å². The molecule has 192 valence electrons. The number of nitrogens with two attached hydrogens (primary N) is 1. The first-order valence-electron chi connectivity index (χ1n) is 12.1. The molecule has 36 heavy (non-hydrogen) atoms. The van der Waals surface area contributed by atoms with Crippen LogP contribution >= 0.6 is 0 Å². The first kappa shape index (κ1) is 26.7. The fourth-order valence-corrected chi connectivity index (χ4v) is 4.24. The Hall–Kier alpha value is -3.88. The van der Waals surface area contributed by atoms with Crippen molar-refractivity contribution in [3.05, 3.63) is 65.7 Å². The van der Waals surface area contributed by atoms with Crippen molar-refractivity contribution in [1.29, 1.82) is 0 Å². The number of hydrogen-bond donors (Lipinski definition) is 2. The zero-order valence-electron chi connectivity index (χ0n) is 21.0. The van der Waals surface area contributed by atoms with Gasteiger partial charge in [0.1, 0.15) is 17.8 Å². The van der Waals surface area contributed by atoms with Crippen LogP contribution in [0.5, 0.6) is 5.75 Å². The molecule has 0 spiro atoms. The first-order valence-corrected chi connectivity index (χ1v) is 12.1. The highest BCUT2D eigenvalue weighted by molar-refractivity contribution is 6.04. The number of nitrogens with zero attached hydrogens (tertiary/aromatic N) is 2. The van der Waals surface area contributed by atoms with Crippen LogP contribution in [0.15, 0.2) is 54.6 Å². The van der Waals surface area contributed by atoms with E-state index >= 15 is 0 Å². The maximum Gasteiger partial charge on any atom is 0.327 e. The topological polar surface area (TPSA) is 122 Å². The Labute approximate surface area is 211 Å². The molecule has 0 radical (unpaired) electrons. The Morgan fingerprint density at radius 1 is 1.06 bits per heavy atom. The van der Waals surface area contributed by atoms with Gasteiger partial charge in [0.15, 0.2) is 0 Å². The molecule has 1 aliphatic rings. The minimum atomic E-state index is -1.08. The largest absolute Gasteiger partial charge is 0.497 e. The Morgan fingerprint density at radius 2 is 1.72 bits per heavy atom. The minimum Gasteiger partial charge on any atom is -0.497 e. The zero-order valence-corrected chi connectivity index (χ0v) is 21.0. The molecule has 1 saturated heterocycles. The van der Waals surface area contributed by atoms with Gasteiger partial charge in [0.05, 0.1) is 20.1 Å². The molecule has 3 rings (SSSR count).